The molecule has 0 radical (unpaired) electrons. The topological polar surface area (TPSA) is 26.3 Å². The van der Waals surface area contributed by atoms with Crippen LogP contribution >= 0.6 is 21.7 Å². The summed E-state index contributed by atoms with van der Waals surface area (Å²) in [5, 5.41) is 0. The summed E-state index contributed by atoms with van der Waals surface area (Å²) in [7, 11) is 6.29. The Kier molecular flexibility index (Phi) is 6.21. The zero-order valence-electron chi connectivity index (χ0n) is 3.59. The van der Waals surface area contributed by atoms with E-state index in [1.54, 1.807) is 0 Å². The van der Waals surface area contributed by atoms with Gasteiger partial charge in [-0.05, 0) is 10.7 Å². The number of rotatable bonds is 4. The third kappa shape index (κ3) is 6.11. The van der Waals surface area contributed by atoms with Crippen LogP contribution in [0.3, 0.4) is 0 Å². The molecule has 2 nitrogen and oxygen atoms in total. The standard InChI is InChI=1S/C3H5ClO2S/c4-7-2-1-6-3-5/h3H,1-2H2. The van der Waals surface area contributed by atoms with E-state index in [1.165, 1.54) is 0 Å². The molecule has 0 heterocycles. The van der Waals surface area contributed by atoms with Crippen molar-refractivity contribution in [3.63, 3.8) is 0 Å². The molecule has 0 saturated carbocycles. The smallest absolute Gasteiger partial charge is 0.293 e. The monoisotopic (exact) mass is 140 g/mol. The fourth-order valence-electron chi connectivity index (χ4n) is 0.128. The predicted molar refractivity (Wildman–Crippen MR) is 30.3 cm³/mol. The summed E-state index contributed by atoms with van der Waals surface area (Å²) >= 11 is 0. The molecule has 0 amide bonds. The second-order valence-electron chi connectivity index (χ2n) is 0.780. The molecule has 0 aromatic rings. The highest BCUT2D eigenvalue weighted by Crippen LogP contribution is 2.02. The van der Waals surface area contributed by atoms with Gasteiger partial charge in [-0.15, -0.1) is 0 Å². The molecule has 0 N–H and O–H groups in total. The van der Waals surface area contributed by atoms with Gasteiger partial charge in [-0.1, -0.05) is 11.0 Å². The Balaban J connectivity index is 2.56. The molecule has 0 unspecified atom stereocenters. The molecule has 42 valence electrons. The number of carbonyl (C=O) groups excluding carboxylic acids is 1. The molecule has 0 spiro atoms. The largest absolute Gasteiger partial charge is 0.467 e. The van der Waals surface area contributed by atoms with Crippen LogP contribution in [0.5, 0.6) is 0 Å². The van der Waals surface area contributed by atoms with Crippen LogP contribution in [0, 0.1) is 0 Å². The summed E-state index contributed by atoms with van der Waals surface area (Å²) in [6.07, 6.45) is 0. The summed E-state index contributed by atoms with van der Waals surface area (Å²) in [5.74, 6) is 0.653. The zero-order chi connectivity index (χ0) is 5.54. The lowest BCUT2D eigenvalue weighted by molar-refractivity contribution is -0.128. The Hall–Kier alpha value is 0.110. The lowest BCUT2D eigenvalue weighted by Gasteiger charge is -1.89. The summed E-state index contributed by atoms with van der Waals surface area (Å²) in [6.45, 7) is 0.810. The van der Waals surface area contributed by atoms with Crippen molar-refractivity contribution < 1.29 is 9.53 Å². The van der Waals surface area contributed by atoms with Crippen molar-refractivity contribution in [1.82, 2.24) is 0 Å². The van der Waals surface area contributed by atoms with Crippen LogP contribution in [-0.2, 0) is 9.53 Å². The number of hydrogen-bond acceptors (Lipinski definition) is 3. The summed E-state index contributed by atoms with van der Waals surface area (Å²) in [4.78, 5) is 9.41. The summed E-state index contributed by atoms with van der Waals surface area (Å²) < 4.78 is 4.29. The van der Waals surface area contributed by atoms with Gasteiger partial charge in [0.25, 0.3) is 6.47 Å². The second-order valence-corrected chi connectivity index (χ2v) is 2.06. The Morgan fingerprint density at radius 2 is 2.57 bits per heavy atom. The highest BCUT2D eigenvalue weighted by atomic mass is 35.7. The molecular weight excluding hydrogens is 136 g/mol. The van der Waals surface area contributed by atoms with E-state index in [1.807, 2.05) is 0 Å². The number of ether oxygens (including phenoxy) is 1. The molecule has 0 aromatic carbocycles. The Labute approximate surface area is 50.7 Å². The minimum Gasteiger partial charge on any atom is -0.467 e. The van der Waals surface area contributed by atoms with E-state index in [2.05, 4.69) is 4.74 Å². The highest BCUT2D eigenvalue weighted by molar-refractivity contribution is 8.21. The fraction of sp³-hybridized carbons (Fsp3) is 0.667. The lowest BCUT2D eigenvalue weighted by atomic mass is 10.9. The van der Waals surface area contributed by atoms with Crippen molar-refractivity contribution in [1.29, 1.82) is 0 Å². The normalized spacial score (nSPS) is 8.14. The minimum absolute atomic E-state index is 0.400. The van der Waals surface area contributed by atoms with Gasteiger partial charge in [0.05, 0.1) is 0 Å². The van der Waals surface area contributed by atoms with E-state index in [-0.39, 0.29) is 0 Å². The second kappa shape index (κ2) is 6.11. The summed E-state index contributed by atoms with van der Waals surface area (Å²) in [5.41, 5.74) is 0. The maximum atomic E-state index is 9.41. The fourth-order valence-corrected chi connectivity index (χ4v) is 0.476. The third-order valence-electron chi connectivity index (χ3n) is 0.346. The van der Waals surface area contributed by atoms with Crippen LogP contribution in [0.2, 0.25) is 0 Å². The van der Waals surface area contributed by atoms with Crippen molar-refractivity contribution in [3.8, 4) is 0 Å². The SMILES string of the molecule is O=COCCSCl. The first-order valence-corrected chi connectivity index (χ1v) is 3.51. The number of halogens is 1. The average molecular weight is 141 g/mol. The first kappa shape index (κ1) is 7.11. The molecule has 0 atom stereocenters. The molecule has 0 fully saturated rings. The van der Waals surface area contributed by atoms with Gasteiger partial charge in [0, 0.05) is 5.75 Å². The average Bonchev–Trinajstić information content (AvgIpc) is 1.69. The zero-order valence-corrected chi connectivity index (χ0v) is 5.17. The molecule has 0 bridgehead atoms. The van der Waals surface area contributed by atoms with E-state index in [4.69, 9.17) is 10.7 Å². The van der Waals surface area contributed by atoms with Crippen LogP contribution in [0.15, 0.2) is 0 Å². The Morgan fingerprint density at radius 3 is 3.00 bits per heavy atom. The van der Waals surface area contributed by atoms with E-state index < -0.39 is 0 Å². The van der Waals surface area contributed by atoms with Crippen LogP contribution in [0.25, 0.3) is 0 Å². The molecule has 7 heavy (non-hydrogen) atoms. The van der Waals surface area contributed by atoms with Gasteiger partial charge in [-0.3, -0.25) is 4.79 Å². The van der Waals surface area contributed by atoms with E-state index in [0.29, 0.717) is 18.8 Å². The Bertz CT molecular complexity index is 50.2. The van der Waals surface area contributed by atoms with Gasteiger partial charge in [0.2, 0.25) is 0 Å². The maximum Gasteiger partial charge on any atom is 0.293 e. The van der Waals surface area contributed by atoms with Crippen molar-refractivity contribution in [2.24, 2.45) is 0 Å². The number of hydrogen-bond donors (Lipinski definition) is 0. The predicted octanol–water partition coefficient (Wildman–Crippen LogP) is 1.05. The molecule has 0 aromatic heterocycles. The highest BCUT2D eigenvalue weighted by Gasteiger charge is 1.80. The Morgan fingerprint density at radius 1 is 1.86 bits per heavy atom. The molecule has 0 rings (SSSR count). The van der Waals surface area contributed by atoms with Gasteiger partial charge >= 0.3 is 0 Å². The van der Waals surface area contributed by atoms with Crippen molar-refractivity contribution >= 4 is 28.1 Å². The van der Waals surface area contributed by atoms with Crippen molar-refractivity contribution in [2.75, 3.05) is 12.4 Å². The number of carbonyl (C=O) groups is 1. The van der Waals surface area contributed by atoms with Crippen molar-refractivity contribution in [2.45, 2.75) is 0 Å². The van der Waals surface area contributed by atoms with Gasteiger partial charge in [-0.2, -0.15) is 0 Å². The lowest BCUT2D eigenvalue weighted by Crippen LogP contribution is -1.91. The van der Waals surface area contributed by atoms with E-state index >= 15 is 0 Å². The first-order chi connectivity index (χ1) is 3.41. The van der Waals surface area contributed by atoms with Crippen LogP contribution < -0.4 is 0 Å². The van der Waals surface area contributed by atoms with Crippen LogP contribution in [0.4, 0.5) is 0 Å². The van der Waals surface area contributed by atoms with Crippen LogP contribution in [0.1, 0.15) is 0 Å². The molecular formula is C3H5ClO2S. The minimum atomic E-state index is 0.400. The van der Waals surface area contributed by atoms with Crippen LogP contribution in [-0.4, -0.2) is 18.8 Å². The van der Waals surface area contributed by atoms with Crippen molar-refractivity contribution in [3.05, 3.63) is 0 Å². The first-order valence-electron chi connectivity index (χ1n) is 1.70. The van der Waals surface area contributed by atoms with Gasteiger partial charge in [-0.25, -0.2) is 0 Å². The third-order valence-corrected chi connectivity index (χ3v) is 1.13. The molecule has 0 aliphatic rings. The van der Waals surface area contributed by atoms with E-state index in [0.717, 1.165) is 11.0 Å². The molecule has 0 aliphatic carbocycles. The quantitative estimate of drug-likeness (QED) is 0.431. The molecule has 0 aliphatic heterocycles. The molecule has 4 heteroatoms. The maximum absolute atomic E-state index is 9.41. The van der Waals surface area contributed by atoms with Gasteiger partial charge in [0.15, 0.2) is 0 Å². The van der Waals surface area contributed by atoms with Gasteiger partial charge < -0.3 is 4.74 Å². The van der Waals surface area contributed by atoms with E-state index in [9.17, 15) is 4.79 Å². The summed E-state index contributed by atoms with van der Waals surface area (Å²) in [6, 6.07) is 0. The van der Waals surface area contributed by atoms with Gasteiger partial charge in [0.1, 0.15) is 6.61 Å². The molecule has 0 saturated heterocycles.